The number of halogens is 1. The van der Waals surface area contributed by atoms with Crippen molar-refractivity contribution in [1.29, 1.82) is 0 Å². The fourth-order valence-electron chi connectivity index (χ4n) is 1.11. The molecule has 2 rings (SSSR count). The largest absolute Gasteiger partial charge is 0.399 e. The molecule has 0 bridgehead atoms. The molecule has 0 saturated carbocycles. The van der Waals surface area contributed by atoms with Crippen LogP contribution < -0.4 is 11.6 Å². The molecular formula is C13H13ClN2O2. The second kappa shape index (κ2) is 7.32. The van der Waals surface area contributed by atoms with Crippen molar-refractivity contribution in [3.63, 3.8) is 0 Å². The Morgan fingerprint density at radius 2 is 1.56 bits per heavy atom. The number of anilines is 1. The van der Waals surface area contributed by atoms with E-state index in [1.165, 1.54) is 12.1 Å². The van der Waals surface area contributed by atoms with E-state index in [-0.39, 0.29) is 0 Å². The molecule has 2 aromatic rings. The number of carbonyl (C=O) groups excluding carboxylic acids is 1. The number of para-hydroxylation sites is 1. The van der Waals surface area contributed by atoms with Crippen LogP contribution in [0.2, 0.25) is 5.02 Å². The van der Waals surface area contributed by atoms with Crippen LogP contribution in [0.5, 0.6) is 0 Å². The van der Waals surface area contributed by atoms with E-state index in [0.717, 1.165) is 5.69 Å². The zero-order chi connectivity index (χ0) is 13.4. The smallest absolute Gasteiger partial charge is 0.356 e. The van der Waals surface area contributed by atoms with Gasteiger partial charge in [0, 0.05) is 10.7 Å². The second-order valence-electron chi connectivity index (χ2n) is 3.32. The molecule has 0 spiro atoms. The van der Waals surface area contributed by atoms with Gasteiger partial charge in [0.15, 0.2) is 0 Å². The van der Waals surface area contributed by atoms with Gasteiger partial charge in [0.1, 0.15) is 0 Å². The summed E-state index contributed by atoms with van der Waals surface area (Å²) in [6.45, 7) is 0. The summed E-state index contributed by atoms with van der Waals surface area (Å²) in [5.41, 5.74) is 6.57. The maximum absolute atomic E-state index is 10.7. The third-order valence-electron chi connectivity index (χ3n) is 1.99. The van der Waals surface area contributed by atoms with Gasteiger partial charge in [-0.2, -0.15) is 5.90 Å². The van der Waals surface area contributed by atoms with Crippen molar-refractivity contribution >= 4 is 23.3 Å². The zero-order valence-electron chi connectivity index (χ0n) is 9.55. The summed E-state index contributed by atoms with van der Waals surface area (Å²) >= 11 is 5.58. The topological polar surface area (TPSA) is 78.3 Å². The van der Waals surface area contributed by atoms with Gasteiger partial charge < -0.3 is 10.6 Å². The number of carbonyl (C=O) groups is 1. The predicted molar refractivity (Wildman–Crippen MR) is 71.9 cm³/mol. The zero-order valence-corrected chi connectivity index (χ0v) is 10.3. The molecule has 0 unspecified atom stereocenters. The Hall–Kier alpha value is -2.04. The summed E-state index contributed by atoms with van der Waals surface area (Å²) in [6.07, 6.45) is 0. The second-order valence-corrected chi connectivity index (χ2v) is 3.76. The van der Waals surface area contributed by atoms with Gasteiger partial charge in [0.25, 0.3) is 0 Å². The van der Waals surface area contributed by atoms with Gasteiger partial charge in [-0.25, -0.2) is 4.79 Å². The first-order valence-corrected chi connectivity index (χ1v) is 5.48. The summed E-state index contributed by atoms with van der Waals surface area (Å²) in [6, 6.07) is 15.7. The average molecular weight is 265 g/mol. The van der Waals surface area contributed by atoms with Crippen molar-refractivity contribution in [2.45, 2.75) is 0 Å². The van der Waals surface area contributed by atoms with Gasteiger partial charge in [0.2, 0.25) is 0 Å². The molecule has 0 aliphatic rings. The van der Waals surface area contributed by atoms with Crippen LogP contribution in [-0.4, -0.2) is 5.97 Å². The maximum Gasteiger partial charge on any atom is 0.356 e. The van der Waals surface area contributed by atoms with Crippen LogP contribution in [0.1, 0.15) is 10.4 Å². The molecular weight excluding hydrogens is 252 g/mol. The van der Waals surface area contributed by atoms with E-state index in [1.807, 2.05) is 30.3 Å². The molecule has 0 atom stereocenters. The highest BCUT2D eigenvalue weighted by molar-refractivity contribution is 6.30. The third kappa shape index (κ3) is 4.86. The molecule has 0 saturated heterocycles. The van der Waals surface area contributed by atoms with Crippen LogP contribution in [0.25, 0.3) is 0 Å². The van der Waals surface area contributed by atoms with Gasteiger partial charge in [-0.15, -0.1) is 0 Å². The lowest BCUT2D eigenvalue weighted by Gasteiger charge is -1.96. The summed E-state index contributed by atoms with van der Waals surface area (Å²) in [5.74, 6) is 4.09. The van der Waals surface area contributed by atoms with Crippen LogP contribution in [0.15, 0.2) is 54.6 Å². The van der Waals surface area contributed by atoms with Crippen molar-refractivity contribution < 1.29 is 9.63 Å². The number of nitrogens with two attached hydrogens (primary N) is 2. The number of hydrogen-bond acceptors (Lipinski definition) is 4. The standard InChI is InChI=1S/C7H6ClNO2.C6H7N/c8-6-3-1-5(2-4-6)7(10)11-9;7-6-4-2-1-3-5-6/h1-4H,9H2;1-5H,7H2. The molecule has 0 aliphatic carbocycles. The van der Waals surface area contributed by atoms with Crippen LogP contribution >= 0.6 is 11.6 Å². The fourth-order valence-corrected chi connectivity index (χ4v) is 1.23. The van der Waals surface area contributed by atoms with E-state index in [1.54, 1.807) is 12.1 Å². The molecule has 4 N–H and O–H groups in total. The van der Waals surface area contributed by atoms with Crippen molar-refractivity contribution in [3.8, 4) is 0 Å². The maximum atomic E-state index is 10.7. The van der Waals surface area contributed by atoms with E-state index in [4.69, 9.17) is 17.3 Å². The highest BCUT2D eigenvalue weighted by atomic mass is 35.5. The Labute approximate surface area is 110 Å². The third-order valence-corrected chi connectivity index (χ3v) is 2.24. The van der Waals surface area contributed by atoms with Gasteiger partial charge in [-0.05, 0) is 36.4 Å². The lowest BCUT2D eigenvalue weighted by atomic mass is 10.2. The molecule has 0 amide bonds. The average Bonchev–Trinajstić information content (AvgIpc) is 2.40. The molecule has 5 heteroatoms. The number of hydrogen-bond donors (Lipinski definition) is 2. The lowest BCUT2D eigenvalue weighted by molar-refractivity contribution is 0.0503. The van der Waals surface area contributed by atoms with Crippen molar-refractivity contribution in [2.75, 3.05) is 5.73 Å². The highest BCUT2D eigenvalue weighted by Crippen LogP contribution is 2.09. The van der Waals surface area contributed by atoms with Crippen LogP contribution in [0.3, 0.4) is 0 Å². The summed E-state index contributed by atoms with van der Waals surface area (Å²) in [4.78, 5) is 14.7. The SMILES string of the molecule is NOC(=O)c1ccc(Cl)cc1.Nc1ccccc1. The van der Waals surface area contributed by atoms with Crippen LogP contribution in [-0.2, 0) is 4.84 Å². The van der Waals surface area contributed by atoms with Crippen LogP contribution in [0, 0.1) is 0 Å². The first-order chi connectivity index (χ1) is 8.63. The molecule has 4 nitrogen and oxygen atoms in total. The van der Waals surface area contributed by atoms with Gasteiger partial charge >= 0.3 is 5.97 Å². The Kier molecular flexibility index (Phi) is 5.70. The van der Waals surface area contributed by atoms with Crippen molar-refractivity contribution in [3.05, 3.63) is 65.2 Å². The Balaban J connectivity index is 0.000000199. The number of benzene rings is 2. The van der Waals surface area contributed by atoms with E-state index in [2.05, 4.69) is 10.7 Å². The van der Waals surface area contributed by atoms with Gasteiger partial charge in [0.05, 0.1) is 5.56 Å². The molecule has 0 radical (unpaired) electrons. The molecule has 0 aliphatic heterocycles. The van der Waals surface area contributed by atoms with Crippen molar-refractivity contribution in [2.24, 2.45) is 5.90 Å². The van der Waals surface area contributed by atoms with E-state index < -0.39 is 5.97 Å². The molecule has 2 aromatic carbocycles. The lowest BCUT2D eigenvalue weighted by Crippen LogP contribution is -2.09. The fraction of sp³-hybridized carbons (Fsp3) is 0. The number of nitrogen functional groups attached to an aromatic ring is 1. The summed E-state index contributed by atoms with van der Waals surface area (Å²) in [5, 5.41) is 0.568. The molecule has 0 aromatic heterocycles. The molecule has 0 heterocycles. The van der Waals surface area contributed by atoms with Crippen LogP contribution in [0.4, 0.5) is 5.69 Å². The molecule has 94 valence electrons. The Morgan fingerprint density at radius 3 is 1.94 bits per heavy atom. The van der Waals surface area contributed by atoms with E-state index in [0.29, 0.717) is 10.6 Å². The van der Waals surface area contributed by atoms with E-state index >= 15 is 0 Å². The Bertz CT molecular complexity index is 486. The first-order valence-electron chi connectivity index (χ1n) is 5.10. The summed E-state index contributed by atoms with van der Waals surface area (Å²) in [7, 11) is 0. The van der Waals surface area contributed by atoms with Gasteiger partial charge in [-0.1, -0.05) is 29.8 Å². The minimum absolute atomic E-state index is 0.386. The molecule has 18 heavy (non-hydrogen) atoms. The highest BCUT2D eigenvalue weighted by Gasteiger charge is 2.03. The number of rotatable bonds is 1. The van der Waals surface area contributed by atoms with E-state index in [9.17, 15) is 4.79 Å². The first kappa shape index (κ1) is 14.0. The molecule has 0 fully saturated rings. The monoisotopic (exact) mass is 264 g/mol. The quantitative estimate of drug-likeness (QED) is 0.613. The minimum atomic E-state index is -0.568. The van der Waals surface area contributed by atoms with Gasteiger partial charge in [-0.3, -0.25) is 0 Å². The summed E-state index contributed by atoms with van der Waals surface area (Å²) < 4.78 is 0. The predicted octanol–water partition coefficient (Wildman–Crippen LogP) is 2.64. The normalized spacial score (nSPS) is 9.00. The van der Waals surface area contributed by atoms with Crippen molar-refractivity contribution in [1.82, 2.24) is 0 Å². The Morgan fingerprint density at radius 1 is 1.00 bits per heavy atom. The minimum Gasteiger partial charge on any atom is -0.399 e.